The molecule has 124 valence electrons. The molecular formula is C23H27P. The molecule has 0 nitrogen and oxygen atoms in total. The van der Waals surface area contributed by atoms with Gasteiger partial charge in [0.1, 0.15) is 0 Å². The summed E-state index contributed by atoms with van der Waals surface area (Å²) in [5.41, 5.74) is 1.47. The third-order valence-electron chi connectivity index (χ3n) is 5.03. The topological polar surface area (TPSA) is 0 Å². The molecule has 0 amide bonds. The fourth-order valence-corrected chi connectivity index (χ4v) is 7.08. The van der Waals surface area contributed by atoms with Crippen molar-refractivity contribution >= 4 is 23.2 Å². The monoisotopic (exact) mass is 334 g/mol. The molecule has 0 aromatic heterocycles. The molecule has 0 atom stereocenters. The van der Waals surface area contributed by atoms with Crippen LogP contribution in [-0.4, -0.2) is 6.66 Å². The quantitative estimate of drug-likeness (QED) is 0.574. The van der Waals surface area contributed by atoms with E-state index in [2.05, 4.69) is 98.5 Å². The van der Waals surface area contributed by atoms with Crippen LogP contribution in [0.3, 0.4) is 0 Å². The van der Waals surface area contributed by atoms with E-state index in [1.807, 2.05) is 0 Å². The van der Waals surface area contributed by atoms with Gasteiger partial charge in [-0.05, 0) is 0 Å². The summed E-state index contributed by atoms with van der Waals surface area (Å²) in [4.78, 5) is 0. The standard InChI is InChI=1S/C23H27P/c1-3-4-12-20-13-11-18-23(19-20)24(2,21-14-7-5-8-15-21)22-16-9-6-10-17-22/h5-11,13-19,24H,3-4,12H2,1-2H3. The van der Waals surface area contributed by atoms with Crippen LogP contribution in [0.5, 0.6) is 0 Å². The summed E-state index contributed by atoms with van der Waals surface area (Å²) in [6.07, 6.45) is 3.69. The zero-order valence-corrected chi connectivity index (χ0v) is 15.7. The van der Waals surface area contributed by atoms with Crippen molar-refractivity contribution in [3.8, 4) is 0 Å². The molecule has 0 spiro atoms. The van der Waals surface area contributed by atoms with Gasteiger partial charge in [0.15, 0.2) is 0 Å². The second-order valence-corrected chi connectivity index (χ2v) is 10.6. The molecule has 0 aliphatic carbocycles. The molecule has 0 N–H and O–H groups in total. The number of benzene rings is 3. The van der Waals surface area contributed by atoms with Crippen LogP contribution in [0.4, 0.5) is 0 Å². The van der Waals surface area contributed by atoms with Crippen LogP contribution in [0.1, 0.15) is 25.3 Å². The van der Waals surface area contributed by atoms with Gasteiger partial charge in [-0.1, -0.05) is 0 Å². The number of hydrogen-bond donors (Lipinski definition) is 0. The van der Waals surface area contributed by atoms with Gasteiger partial charge in [-0.15, -0.1) is 0 Å². The number of unbranched alkanes of at least 4 members (excludes halogenated alkanes) is 1. The summed E-state index contributed by atoms with van der Waals surface area (Å²) >= 11 is 0. The average molecular weight is 334 g/mol. The van der Waals surface area contributed by atoms with Gasteiger partial charge in [-0.25, -0.2) is 0 Å². The summed E-state index contributed by atoms with van der Waals surface area (Å²) < 4.78 is 0. The molecule has 0 aliphatic heterocycles. The molecule has 1 heteroatoms. The molecule has 0 radical (unpaired) electrons. The molecule has 0 fully saturated rings. The van der Waals surface area contributed by atoms with Crippen LogP contribution < -0.4 is 15.9 Å². The van der Waals surface area contributed by atoms with E-state index in [4.69, 9.17) is 0 Å². The Hall–Kier alpha value is -1.91. The number of hydrogen-bond acceptors (Lipinski definition) is 0. The van der Waals surface area contributed by atoms with Crippen molar-refractivity contribution in [1.29, 1.82) is 0 Å². The minimum absolute atomic E-state index is 1.18. The first-order chi connectivity index (χ1) is 11.7. The van der Waals surface area contributed by atoms with E-state index >= 15 is 0 Å². The summed E-state index contributed by atoms with van der Waals surface area (Å²) in [6.45, 7) is 4.74. The van der Waals surface area contributed by atoms with Gasteiger partial charge in [-0.2, -0.15) is 0 Å². The van der Waals surface area contributed by atoms with E-state index < -0.39 is 7.26 Å². The predicted octanol–water partition coefficient (Wildman–Crippen LogP) is 4.69. The number of rotatable bonds is 6. The van der Waals surface area contributed by atoms with E-state index in [0.717, 1.165) is 0 Å². The maximum absolute atomic E-state index is 2.48. The van der Waals surface area contributed by atoms with Gasteiger partial charge in [0, 0.05) is 0 Å². The fourth-order valence-electron chi connectivity index (χ4n) is 3.46. The van der Waals surface area contributed by atoms with Crippen LogP contribution in [0.25, 0.3) is 0 Å². The van der Waals surface area contributed by atoms with Gasteiger partial charge in [0.25, 0.3) is 0 Å². The van der Waals surface area contributed by atoms with Gasteiger partial charge >= 0.3 is 147 Å². The SMILES string of the molecule is CCCCc1cccc([PH](C)(c2ccccc2)c2ccccc2)c1. The molecule has 0 saturated heterocycles. The molecule has 24 heavy (non-hydrogen) atoms. The Morgan fingerprint density at radius 3 is 1.75 bits per heavy atom. The molecule has 0 bridgehead atoms. The van der Waals surface area contributed by atoms with Crippen LogP contribution in [0, 0.1) is 0 Å². The van der Waals surface area contributed by atoms with Crippen molar-refractivity contribution in [2.24, 2.45) is 0 Å². The molecule has 0 unspecified atom stereocenters. The fraction of sp³-hybridized carbons (Fsp3) is 0.217. The Bertz CT molecular complexity index is 723. The zero-order chi connectivity index (χ0) is 16.8. The van der Waals surface area contributed by atoms with Crippen molar-refractivity contribution in [1.82, 2.24) is 0 Å². The Kier molecular flexibility index (Phi) is 5.48. The van der Waals surface area contributed by atoms with Crippen LogP contribution >= 0.6 is 7.26 Å². The van der Waals surface area contributed by atoms with E-state index in [0.29, 0.717) is 0 Å². The second-order valence-electron chi connectivity index (χ2n) is 6.66. The van der Waals surface area contributed by atoms with Gasteiger partial charge < -0.3 is 0 Å². The molecule has 3 aromatic rings. The molecule has 3 rings (SSSR count). The van der Waals surface area contributed by atoms with E-state index in [-0.39, 0.29) is 0 Å². The van der Waals surface area contributed by atoms with Crippen molar-refractivity contribution < 1.29 is 0 Å². The molecule has 0 aliphatic rings. The molecule has 0 saturated carbocycles. The first-order valence-corrected chi connectivity index (χ1v) is 11.5. The van der Waals surface area contributed by atoms with E-state index in [9.17, 15) is 0 Å². The average Bonchev–Trinajstić information content (AvgIpc) is 2.67. The van der Waals surface area contributed by atoms with Crippen LogP contribution in [0.2, 0.25) is 0 Å². The molecule has 3 aromatic carbocycles. The first-order valence-electron chi connectivity index (χ1n) is 8.95. The minimum atomic E-state index is -1.95. The summed E-state index contributed by atoms with van der Waals surface area (Å²) in [5, 5.41) is 4.46. The van der Waals surface area contributed by atoms with Crippen molar-refractivity contribution in [2.75, 3.05) is 6.66 Å². The van der Waals surface area contributed by atoms with Crippen molar-refractivity contribution in [3.05, 3.63) is 90.5 Å². The van der Waals surface area contributed by atoms with E-state index in [1.165, 1.54) is 40.7 Å². The van der Waals surface area contributed by atoms with Gasteiger partial charge in [-0.3, -0.25) is 0 Å². The number of aryl methyl sites for hydroxylation is 1. The van der Waals surface area contributed by atoms with Gasteiger partial charge in [0.2, 0.25) is 0 Å². The summed E-state index contributed by atoms with van der Waals surface area (Å²) in [7, 11) is -1.95. The Labute approximate surface area is 146 Å². The summed E-state index contributed by atoms with van der Waals surface area (Å²) in [5.74, 6) is 0. The summed E-state index contributed by atoms with van der Waals surface area (Å²) in [6, 6.07) is 31.4. The normalized spacial score (nSPS) is 12.1. The van der Waals surface area contributed by atoms with Crippen molar-refractivity contribution in [2.45, 2.75) is 26.2 Å². The first kappa shape index (κ1) is 16.9. The molecule has 0 heterocycles. The van der Waals surface area contributed by atoms with Crippen LogP contribution in [0.15, 0.2) is 84.9 Å². The van der Waals surface area contributed by atoms with Crippen molar-refractivity contribution in [3.63, 3.8) is 0 Å². The molecular weight excluding hydrogens is 307 g/mol. The Morgan fingerprint density at radius 2 is 1.21 bits per heavy atom. The Morgan fingerprint density at radius 1 is 0.667 bits per heavy atom. The predicted molar refractivity (Wildman–Crippen MR) is 111 cm³/mol. The third-order valence-corrected chi connectivity index (χ3v) is 9.47. The van der Waals surface area contributed by atoms with E-state index in [1.54, 1.807) is 0 Å². The third kappa shape index (κ3) is 3.45. The zero-order valence-electron chi connectivity index (χ0n) is 14.7. The second kappa shape index (κ2) is 7.77. The van der Waals surface area contributed by atoms with Gasteiger partial charge in [0.05, 0.1) is 0 Å². The Balaban J connectivity index is 2.13. The van der Waals surface area contributed by atoms with Crippen LogP contribution in [-0.2, 0) is 6.42 Å². The maximum atomic E-state index is 2.48.